The normalized spacial score (nSPS) is 10.4. The lowest BCUT2D eigenvalue weighted by molar-refractivity contribution is -0.385. The van der Waals surface area contributed by atoms with E-state index in [1.165, 1.54) is 18.3 Å². The Labute approximate surface area is 136 Å². The van der Waals surface area contributed by atoms with Crippen LogP contribution >= 0.6 is 23.8 Å². The second kappa shape index (κ2) is 7.48. The minimum absolute atomic E-state index is 0.125. The highest BCUT2D eigenvalue weighted by atomic mass is 35.5. The molecule has 2 aromatic rings. The summed E-state index contributed by atoms with van der Waals surface area (Å²) < 4.78 is 0. The minimum Gasteiger partial charge on any atom is -0.331 e. The van der Waals surface area contributed by atoms with Crippen LogP contribution in [0.1, 0.15) is 5.56 Å². The van der Waals surface area contributed by atoms with Crippen LogP contribution < -0.4 is 10.7 Å². The lowest BCUT2D eigenvalue weighted by Gasteiger charge is -2.06. The molecule has 0 aliphatic rings. The lowest BCUT2D eigenvalue weighted by atomic mass is 10.2. The van der Waals surface area contributed by atoms with Crippen molar-refractivity contribution in [1.82, 2.24) is 5.43 Å². The molecule has 6 nitrogen and oxygen atoms in total. The predicted molar refractivity (Wildman–Crippen MR) is 91.5 cm³/mol. The number of nitrogens with one attached hydrogen (secondary N) is 2. The molecule has 2 aromatic carbocycles. The second-order valence-corrected chi connectivity index (χ2v) is 4.94. The third kappa shape index (κ3) is 4.24. The summed E-state index contributed by atoms with van der Waals surface area (Å²) in [5, 5.41) is 18.2. The Bertz CT molecular complexity index is 722. The molecule has 0 amide bonds. The molecular formula is C14H11ClN4O2S. The zero-order valence-corrected chi connectivity index (χ0v) is 12.8. The van der Waals surface area contributed by atoms with Crippen molar-refractivity contribution in [2.75, 3.05) is 5.32 Å². The van der Waals surface area contributed by atoms with Crippen LogP contribution in [0.25, 0.3) is 0 Å². The number of rotatable bonds is 4. The molecule has 0 spiro atoms. The number of anilines is 1. The number of hydrogen-bond donors (Lipinski definition) is 2. The topological polar surface area (TPSA) is 79.6 Å². The number of nitro groups is 1. The quantitative estimate of drug-likeness (QED) is 0.387. The van der Waals surface area contributed by atoms with Gasteiger partial charge in [-0.15, -0.1) is 0 Å². The molecule has 22 heavy (non-hydrogen) atoms. The van der Waals surface area contributed by atoms with Gasteiger partial charge in [-0.3, -0.25) is 15.5 Å². The molecule has 0 heterocycles. The Hall–Kier alpha value is -2.51. The van der Waals surface area contributed by atoms with Crippen LogP contribution in [0.3, 0.4) is 0 Å². The van der Waals surface area contributed by atoms with Crippen molar-refractivity contribution in [2.24, 2.45) is 5.10 Å². The summed E-state index contributed by atoms with van der Waals surface area (Å²) in [5.74, 6) is 0. The van der Waals surface area contributed by atoms with E-state index in [0.717, 1.165) is 5.69 Å². The fraction of sp³-hybridized carbons (Fsp3) is 0. The van der Waals surface area contributed by atoms with E-state index in [4.69, 9.17) is 23.8 Å². The number of nitrogens with zero attached hydrogens (tertiary/aromatic N) is 2. The number of halogens is 1. The molecule has 2 N–H and O–H groups in total. The van der Waals surface area contributed by atoms with Crippen LogP contribution in [0.4, 0.5) is 11.4 Å². The van der Waals surface area contributed by atoms with E-state index >= 15 is 0 Å². The molecule has 2 rings (SSSR count). The minimum atomic E-state index is -0.520. The Morgan fingerprint density at radius 1 is 1.23 bits per heavy atom. The standard InChI is InChI=1S/C14H11ClN4O2S/c15-12-7-4-8-13(19(20)21)11(12)9-16-18-14(22)17-10-5-2-1-3-6-10/h1-9H,(H2,17,18,22). The summed E-state index contributed by atoms with van der Waals surface area (Å²) in [4.78, 5) is 10.4. The number of hydrogen-bond acceptors (Lipinski definition) is 4. The van der Waals surface area contributed by atoms with Crippen molar-refractivity contribution in [3.8, 4) is 0 Å². The molecule has 0 radical (unpaired) electrons. The molecule has 0 aliphatic carbocycles. The van der Waals surface area contributed by atoms with Gasteiger partial charge in [0.15, 0.2) is 5.11 Å². The Balaban J connectivity index is 2.04. The van der Waals surface area contributed by atoms with E-state index in [2.05, 4.69) is 15.8 Å². The van der Waals surface area contributed by atoms with Crippen molar-refractivity contribution >= 4 is 46.5 Å². The molecular weight excluding hydrogens is 324 g/mol. The molecule has 0 aromatic heterocycles. The summed E-state index contributed by atoms with van der Waals surface area (Å²) in [6.07, 6.45) is 1.26. The van der Waals surface area contributed by atoms with Gasteiger partial charge in [0.2, 0.25) is 0 Å². The highest BCUT2D eigenvalue weighted by Gasteiger charge is 2.14. The second-order valence-electron chi connectivity index (χ2n) is 4.12. The SMILES string of the molecule is O=[N+]([O-])c1cccc(Cl)c1C=NNC(=S)Nc1ccccc1. The Morgan fingerprint density at radius 2 is 1.95 bits per heavy atom. The molecule has 0 unspecified atom stereocenters. The van der Waals surface area contributed by atoms with Gasteiger partial charge in [0.1, 0.15) is 0 Å². The molecule has 0 bridgehead atoms. The van der Waals surface area contributed by atoms with E-state index in [-0.39, 0.29) is 21.4 Å². The molecule has 0 atom stereocenters. The van der Waals surface area contributed by atoms with Gasteiger partial charge in [-0.05, 0) is 30.4 Å². The van der Waals surface area contributed by atoms with E-state index in [9.17, 15) is 10.1 Å². The molecule has 112 valence electrons. The number of benzene rings is 2. The molecule has 0 saturated carbocycles. The highest BCUT2D eigenvalue weighted by Crippen LogP contribution is 2.24. The fourth-order valence-electron chi connectivity index (χ4n) is 1.65. The number of para-hydroxylation sites is 1. The average Bonchev–Trinajstić information content (AvgIpc) is 2.49. The monoisotopic (exact) mass is 334 g/mol. The Kier molecular flexibility index (Phi) is 5.40. The third-order valence-corrected chi connectivity index (χ3v) is 3.14. The van der Waals surface area contributed by atoms with Gasteiger partial charge >= 0.3 is 0 Å². The first-order valence-corrected chi connectivity index (χ1v) is 6.94. The fourth-order valence-corrected chi connectivity index (χ4v) is 2.04. The highest BCUT2D eigenvalue weighted by molar-refractivity contribution is 7.80. The van der Waals surface area contributed by atoms with Gasteiger partial charge in [-0.2, -0.15) is 5.10 Å². The van der Waals surface area contributed by atoms with Crippen molar-refractivity contribution in [1.29, 1.82) is 0 Å². The van der Waals surface area contributed by atoms with E-state index in [0.29, 0.717) is 0 Å². The van der Waals surface area contributed by atoms with E-state index < -0.39 is 4.92 Å². The first-order chi connectivity index (χ1) is 10.6. The van der Waals surface area contributed by atoms with Gasteiger partial charge in [0, 0.05) is 11.8 Å². The third-order valence-electron chi connectivity index (χ3n) is 2.62. The molecule has 0 saturated heterocycles. The van der Waals surface area contributed by atoms with Gasteiger partial charge in [-0.25, -0.2) is 0 Å². The smallest absolute Gasteiger partial charge is 0.279 e. The van der Waals surface area contributed by atoms with Gasteiger partial charge < -0.3 is 5.32 Å². The van der Waals surface area contributed by atoms with Crippen LogP contribution in [0.5, 0.6) is 0 Å². The predicted octanol–water partition coefficient (Wildman–Crippen LogP) is 3.57. The Morgan fingerprint density at radius 3 is 2.64 bits per heavy atom. The molecule has 0 fully saturated rings. The summed E-state index contributed by atoms with van der Waals surface area (Å²) >= 11 is 11.0. The summed E-state index contributed by atoms with van der Waals surface area (Å²) in [5.41, 5.74) is 3.47. The van der Waals surface area contributed by atoms with Gasteiger partial charge in [0.05, 0.1) is 21.7 Å². The van der Waals surface area contributed by atoms with Crippen molar-refractivity contribution in [3.63, 3.8) is 0 Å². The first-order valence-electron chi connectivity index (χ1n) is 6.16. The lowest BCUT2D eigenvalue weighted by Crippen LogP contribution is -2.23. The number of thiocarbonyl (C=S) groups is 1. The molecule has 0 aliphatic heterocycles. The van der Waals surface area contributed by atoms with Crippen LogP contribution in [0.2, 0.25) is 5.02 Å². The average molecular weight is 335 g/mol. The van der Waals surface area contributed by atoms with Crippen molar-refractivity contribution < 1.29 is 4.92 Å². The van der Waals surface area contributed by atoms with Crippen LogP contribution in [0, 0.1) is 10.1 Å². The zero-order chi connectivity index (χ0) is 15.9. The summed E-state index contributed by atoms with van der Waals surface area (Å²) in [6.45, 7) is 0. The maximum atomic E-state index is 10.9. The van der Waals surface area contributed by atoms with Gasteiger partial charge in [-0.1, -0.05) is 35.9 Å². The summed E-state index contributed by atoms with van der Waals surface area (Å²) in [6, 6.07) is 13.7. The van der Waals surface area contributed by atoms with Gasteiger partial charge in [0.25, 0.3) is 5.69 Å². The van der Waals surface area contributed by atoms with Crippen LogP contribution in [-0.4, -0.2) is 16.3 Å². The largest absolute Gasteiger partial charge is 0.331 e. The summed E-state index contributed by atoms with van der Waals surface area (Å²) in [7, 11) is 0. The number of hydrazone groups is 1. The molecule has 8 heteroatoms. The number of nitro benzene ring substituents is 1. The van der Waals surface area contributed by atoms with E-state index in [1.807, 2.05) is 30.3 Å². The zero-order valence-electron chi connectivity index (χ0n) is 11.2. The first kappa shape index (κ1) is 15.9. The van der Waals surface area contributed by atoms with Crippen molar-refractivity contribution in [3.05, 3.63) is 69.2 Å². The maximum Gasteiger partial charge on any atom is 0.279 e. The maximum absolute atomic E-state index is 10.9. The van der Waals surface area contributed by atoms with Crippen LogP contribution in [-0.2, 0) is 0 Å². The van der Waals surface area contributed by atoms with Crippen molar-refractivity contribution in [2.45, 2.75) is 0 Å². The van der Waals surface area contributed by atoms with Crippen LogP contribution in [0.15, 0.2) is 53.6 Å². The van der Waals surface area contributed by atoms with E-state index in [1.54, 1.807) is 6.07 Å².